The van der Waals surface area contributed by atoms with E-state index in [2.05, 4.69) is 55.6 Å². The number of aliphatic hydroxyl groups is 1. The van der Waals surface area contributed by atoms with Gasteiger partial charge in [-0.3, -0.25) is 9.35 Å². The van der Waals surface area contributed by atoms with Gasteiger partial charge in [-0.05, 0) is 51.4 Å². The van der Waals surface area contributed by atoms with Crippen LogP contribution < -0.4 is 5.32 Å². The molecular weight excluding hydrogens is 631 g/mol. The summed E-state index contributed by atoms with van der Waals surface area (Å²) in [5.74, 6) is -1.00. The summed E-state index contributed by atoms with van der Waals surface area (Å²) in [6, 6.07) is -1.07. The highest BCUT2D eigenvalue weighted by Gasteiger charge is 2.24. The first kappa shape index (κ1) is 47.3. The van der Waals surface area contributed by atoms with Gasteiger partial charge in [0, 0.05) is 6.42 Å². The van der Waals surface area contributed by atoms with E-state index in [9.17, 15) is 22.9 Å². The predicted octanol–water partition coefficient (Wildman–Crippen LogP) is 11.9. The number of rotatable bonds is 36. The number of unbranched alkanes of at least 4 members (excludes halogenated alkanes) is 22. The molecule has 2 unspecified atom stereocenters. The van der Waals surface area contributed by atoms with Crippen molar-refractivity contribution in [2.45, 2.75) is 206 Å². The largest absolute Gasteiger partial charge is 0.387 e. The van der Waals surface area contributed by atoms with Crippen molar-refractivity contribution in [2.75, 3.05) is 5.75 Å². The van der Waals surface area contributed by atoms with Gasteiger partial charge in [-0.2, -0.15) is 8.42 Å². The Morgan fingerprint density at radius 1 is 0.571 bits per heavy atom. The lowest BCUT2D eigenvalue weighted by Gasteiger charge is -2.21. The maximum absolute atomic E-state index is 12.5. The molecule has 0 aliphatic heterocycles. The van der Waals surface area contributed by atoms with Crippen molar-refractivity contribution < 1.29 is 22.9 Å². The Kier molecular flexibility index (Phi) is 34.9. The molecule has 0 aromatic heterocycles. The van der Waals surface area contributed by atoms with Gasteiger partial charge < -0.3 is 10.4 Å². The van der Waals surface area contributed by atoms with E-state index in [0.29, 0.717) is 6.42 Å². The first-order valence-corrected chi connectivity index (χ1v) is 21.9. The van der Waals surface area contributed by atoms with E-state index in [0.717, 1.165) is 70.6 Å². The lowest BCUT2D eigenvalue weighted by Crippen LogP contribution is -2.46. The first-order valence-electron chi connectivity index (χ1n) is 20.3. The smallest absolute Gasteiger partial charge is 0.267 e. The molecule has 0 heterocycles. The zero-order chi connectivity index (χ0) is 36.1. The molecule has 0 aliphatic carbocycles. The Balaban J connectivity index is 3.95. The number of carbonyl (C=O) groups excluding carboxylic acids is 1. The number of aliphatic hydroxyl groups excluding tert-OH is 1. The molecule has 7 heteroatoms. The second-order valence-corrected chi connectivity index (χ2v) is 15.4. The molecule has 0 bridgehead atoms. The lowest BCUT2D eigenvalue weighted by molar-refractivity contribution is -0.122. The Morgan fingerprint density at radius 3 is 1.45 bits per heavy atom. The third-order valence-corrected chi connectivity index (χ3v) is 9.79. The van der Waals surface area contributed by atoms with Crippen LogP contribution in [0.3, 0.4) is 0 Å². The monoisotopic (exact) mass is 708 g/mol. The molecule has 286 valence electrons. The third-order valence-electron chi connectivity index (χ3n) is 9.01. The molecule has 0 aliphatic rings. The van der Waals surface area contributed by atoms with Crippen molar-refractivity contribution in [3.8, 4) is 0 Å². The van der Waals surface area contributed by atoms with Crippen LogP contribution in [0.25, 0.3) is 0 Å². The number of allylic oxidation sites excluding steroid dienone is 7. The molecule has 49 heavy (non-hydrogen) atoms. The fraction of sp³-hybridized carbons (Fsp3) is 0.786. The molecule has 0 saturated carbocycles. The van der Waals surface area contributed by atoms with Crippen LogP contribution in [0.1, 0.15) is 194 Å². The minimum absolute atomic E-state index is 0.275. The molecule has 6 nitrogen and oxygen atoms in total. The van der Waals surface area contributed by atoms with Gasteiger partial charge in [0.25, 0.3) is 10.1 Å². The van der Waals surface area contributed by atoms with Crippen molar-refractivity contribution in [1.29, 1.82) is 0 Å². The van der Waals surface area contributed by atoms with E-state index in [1.165, 1.54) is 96.3 Å². The van der Waals surface area contributed by atoms with Gasteiger partial charge in [0.05, 0.1) is 17.9 Å². The second-order valence-electron chi connectivity index (χ2n) is 13.9. The zero-order valence-electron chi connectivity index (χ0n) is 31.8. The Labute approximate surface area is 303 Å². The van der Waals surface area contributed by atoms with E-state index in [-0.39, 0.29) is 12.3 Å². The van der Waals surface area contributed by atoms with Gasteiger partial charge in [-0.25, -0.2) is 0 Å². The van der Waals surface area contributed by atoms with Crippen molar-refractivity contribution in [3.05, 3.63) is 48.6 Å². The van der Waals surface area contributed by atoms with Crippen LogP contribution in [-0.2, 0) is 14.9 Å². The summed E-state index contributed by atoms with van der Waals surface area (Å²) in [5.41, 5.74) is 0. The highest BCUT2D eigenvalue weighted by atomic mass is 32.2. The average molecular weight is 708 g/mol. The fourth-order valence-electron chi connectivity index (χ4n) is 5.99. The molecule has 0 rings (SSSR count). The summed E-state index contributed by atoms with van der Waals surface area (Å²) in [6.07, 6.45) is 48.1. The molecule has 3 N–H and O–H groups in total. The highest BCUT2D eigenvalue weighted by molar-refractivity contribution is 7.85. The number of nitrogens with one attached hydrogen (secondary N) is 1. The number of hydrogen-bond acceptors (Lipinski definition) is 4. The van der Waals surface area contributed by atoms with Gasteiger partial charge in [-0.15, -0.1) is 0 Å². The van der Waals surface area contributed by atoms with Crippen LogP contribution in [0.4, 0.5) is 0 Å². The minimum atomic E-state index is -4.35. The molecule has 2 atom stereocenters. The van der Waals surface area contributed by atoms with Gasteiger partial charge in [-0.1, -0.05) is 184 Å². The summed E-state index contributed by atoms with van der Waals surface area (Å²) in [6.45, 7) is 4.41. The van der Waals surface area contributed by atoms with Crippen molar-refractivity contribution >= 4 is 16.0 Å². The summed E-state index contributed by atoms with van der Waals surface area (Å²) in [4.78, 5) is 12.5. The molecule has 0 saturated heterocycles. The number of carbonyl (C=O) groups is 1. The Bertz CT molecular complexity index is 956. The van der Waals surface area contributed by atoms with Crippen molar-refractivity contribution in [2.24, 2.45) is 0 Å². The maximum Gasteiger partial charge on any atom is 0.267 e. The quantitative estimate of drug-likeness (QED) is 0.0342. The van der Waals surface area contributed by atoms with Gasteiger partial charge in [0.1, 0.15) is 0 Å². The first-order chi connectivity index (χ1) is 23.8. The lowest BCUT2D eigenvalue weighted by atomic mass is 10.0. The molecular formula is C42H77NO5S. The van der Waals surface area contributed by atoms with Crippen LogP contribution in [0.2, 0.25) is 0 Å². The highest BCUT2D eigenvalue weighted by Crippen LogP contribution is 2.15. The molecule has 0 aromatic carbocycles. The summed E-state index contributed by atoms with van der Waals surface area (Å²) >= 11 is 0. The summed E-state index contributed by atoms with van der Waals surface area (Å²) in [5, 5.41) is 13.2. The van der Waals surface area contributed by atoms with Gasteiger partial charge >= 0.3 is 0 Å². The number of hydrogen-bond donors (Lipinski definition) is 3. The number of amides is 1. The van der Waals surface area contributed by atoms with Crippen LogP contribution in [0.15, 0.2) is 48.6 Å². The zero-order valence-corrected chi connectivity index (χ0v) is 32.6. The SMILES string of the molecule is CC/C=C\C/C=C\C/C=C\CCCCCCCC(=O)NC(CS(=O)(=O)O)C(O)/C=C/CCCCCCCCCCCCCCCCCCC. The summed E-state index contributed by atoms with van der Waals surface area (Å²) < 4.78 is 32.5. The van der Waals surface area contributed by atoms with Gasteiger partial charge in [0.15, 0.2) is 0 Å². The van der Waals surface area contributed by atoms with E-state index >= 15 is 0 Å². The topological polar surface area (TPSA) is 104 Å². The van der Waals surface area contributed by atoms with Crippen LogP contribution in [-0.4, -0.2) is 41.9 Å². The standard InChI is InChI=1S/C42H77NO5S/c1-3-5-7-9-11-13-15-17-19-20-21-22-24-25-27-29-31-33-35-37-41(44)40(39-49(46,47)48)43-42(45)38-36-34-32-30-28-26-23-18-16-14-12-10-8-6-4-2/h6,8,12,14,18,23,35,37,40-41,44H,3-5,7,9-11,13,15-17,19-22,24-34,36,38-39H2,1-2H3,(H,43,45)(H,46,47,48)/b8-6-,14-12-,23-18-,37-35+. The molecule has 0 aromatic rings. The average Bonchev–Trinajstić information content (AvgIpc) is 3.06. The fourth-order valence-corrected chi connectivity index (χ4v) is 6.73. The predicted molar refractivity (Wildman–Crippen MR) is 212 cm³/mol. The molecule has 0 radical (unpaired) electrons. The maximum atomic E-state index is 12.5. The van der Waals surface area contributed by atoms with Crippen molar-refractivity contribution in [1.82, 2.24) is 5.32 Å². The van der Waals surface area contributed by atoms with E-state index in [1.54, 1.807) is 6.08 Å². The van der Waals surface area contributed by atoms with Gasteiger partial charge in [0.2, 0.25) is 5.91 Å². The second kappa shape index (κ2) is 36.1. The van der Waals surface area contributed by atoms with Crippen LogP contribution >= 0.6 is 0 Å². The Hall–Kier alpha value is -1.70. The normalized spacial score (nSPS) is 13.8. The third kappa shape index (κ3) is 37.4. The summed E-state index contributed by atoms with van der Waals surface area (Å²) in [7, 11) is -4.35. The van der Waals surface area contributed by atoms with E-state index in [1.807, 2.05) is 6.08 Å². The molecule has 0 spiro atoms. The van der Waals surface area contributed by atoms with Crippen molar-refractivity contribution in [3.63, 3.8) is 0 Å². The Morgan fingerprint density at radius 2 is 0.980 bits per heavy atom. The van der Waals surface area contributed by atoms with Crippen LogP contribution in [0, 0.1) is 0 Å². The minimum Gasteiger partial charge on any atom is -0.387 e. The van der Waals surface area contributed by atoms with E-state index in [4.69, 9.17) is 0 Å². The molecule has 1 amide bonds. The molecule has 0 fully saturated rings. The van der Waals surface area contributed by atoms with E-state index < -0.39 is 28.0 Å². The van der Waals surface area contributed by atoms with Crippen LogP contribution in [0.5, 0.6) is 0 Å².